The lowest BCUT2D eigenvalue weighted by Crippen LogP contribution is -2.11. The second-order valence-electron chi connectivity index (χ2n) is 6.19. The Balaban J connectivity index is 1.67. The number of phenols is 1. The molecule has 0 unspecified atom stereocenters. The highest BCUT2D eigenvalue weighted by Crippen LogP contribution is 2.33. The molecule has 0 saturated heterocycles. The number of aromatic nitrogens is 1. The number of aromatic hydroxyl groups is 1. The quantitative estimate of drug-likeness (QED) is 0.467. The Morgan fingerprint density at radius 2 is 1.96 bits per heavy atom. The second-order valence-corrected chi connectivity index (χ2v) is 6.62. The Hall–Kier alpha value is -3.31. The van der Waals surface area contributed by atoms with E-state index in [-0.39, 0.29) is 17.5 Å². The summed E-state index contributed by atoms with van der Waals surface area (Å²) < 4.78 is 5.77. The van der Waals surface area contributed by atoms with Gasteiger partial charge in [-0.3, -0.25) is 4.79 Å². The highest BCUT2D eigenvalue weighted by Gasteiger charge is 2.15. The molecule has 1 amide bonds. The zero-order valence-corrected chi connectivity index (χ0v) is 15.1. The Bertz CT molecular complexity index is 1170. The lowest BCUT2D eigenvalue weighted by Gasteiger charge is -2.08. The van der Waals surface area contributed by atoms with Gasteiger partial charge in [-0.05, 0) is 61.0 Å². The molecule has 0 radical (unpaired) electrons. The molecule has 0 spiro atoms. The van der Waals surface area contributed by atoms with Gasteiger partial charge in [0.05, 0.1) is 5.56 Å². The molecule has 1 heterocycles. The Morgan fingerprint density at radius 3 is 2.78 bits per heavy atom. The van der Waals surface area contributed by atoms with Crippen molar-refractivity contribution >= 4 is 34.3 Å². The van der Waals surface area contributed by atoms with Crippen LogP contribution in [0, 0.1) is 6.92 Å². The number of aryl methyl sites for hydroxylation is 1. The fourth-order valence-corrected chi connectivity index (χ4v) is 2.96. The van der Waals surface area contributed by atoms with Gasteiger partial charge in [0.15, 0.2) is 5.58 Å². The van der Waals surface area contributed by atoms with Crippen molar-refractivity contribution in [3.63, 3.8) is 0 Å². The van der Waals surface area contributed by atoms with Gasteiger partial charge in [0.2, 0.25) is 5.89 Å². The number of phenolic OH excluding ortho intramolecular Hbond substituents is 1. The molecule has 4 aromatic rings. The summed E-state index contributed by atoms with van der Waals surface area (Å²) in [6.07, 6.45) is 0. The van der Waals surface area contributed by atoms with Crippen molar-refractivity contribution in [2.45, 2.75) is 6.92 Å². The van der Waals surface area contributed by atoms with Crippen LogP contribution < -0.4 is 5.32 Å². The minimum Gasteiger partial charge on any atom is -0.507 e. The number of rotatable bonds is 3. The summed E-state index contributed by atoms with van der Waals surface area (Å²) in [4.78, 5) is 16.8. The van der Waals surface area contributed by atoms with E-state index in [4.69, 9.17) is 16.0 Å². The van der Waals surface area contributed by atoms with Gasteiger partial charge in [-0.1, -0.05) is 23.7 Å². The molecular formula is C21H15ClN2O3. The zero-order chi connectivity index (χ0) is 19.0. The predicted molar refractivity (Wildman–Crippen MR) is 105 cm³/mol. The molecule has 0 aliphatic heterocycles. The van der Waals surface area contributed by atoms with Crippen LogP contribution in [0.1, 0.15) is 15.9 Å². The molecule has 0 fully saturated rings. The minimum atomic E-state index is -0.303. The van der Waals surface area contributed by atoms with Crippen molar-refractivity contribution in [2.24, 2.45) is 0 Å². The molecule has 0 bridgehead atoms. The van der Waals surface area contributed by atoms with Gasteiger partial charge in [-0.2, -0.15) is 0 Å². The number of carbonyl (C=O) groups is 1. The molecule has 134 valence electrons. The normalized spacial score (nSPS) is 10.9. The molecule has 0 aliphatic rings. The van der Waals surface area contributed by atoms with E-state index in [1.807, 2.05) is 25.1 Å². The van der Waals surface area contributed by atoms with Crippen LogP contribution in [0.25, 0.3) is 22.6 Å². The van der Waals surface area contributed by atoms with Crippen molar-refractivity contribution in [3.8, 4) is 17.2 Å². The van der Waals surface area contributed by atoms with Crippen LogP contribution in [0.5, 0.6) is 5.75 Å². The SMILES string of the molecule is Cc1ccc2nc(-c3cc(NC(=O)c4cccc(Cl)c4)ccc3O)oc2c1. The summed E-state index contributed by atoms with van der Waals surface area (Å²) in [7, 11) is 0. The van der Waals surface area contributed by atoms with Gasteiger partial charge in [0, 0.05) is 16.3 Å². The topological polar surface area (TPSA) is 75.4 Å². The molecular weight excluding hydrogens is 364 g/mol. The maximum absolute atomic E-state index is 12.4. The summed E-state index contributed by atoms with van der Waals surface area (Å²) in [6.45, 7) is 1.96. The minimum absolute atomic E-state index is 0.0130. The van der Waals surface area contributed by atoms with E-state index in [1.54, 1.807) is 36.4 Å². The maximum Gasteiger partial charge on any atom is 0.255 e. The maximum atomic E-state index is 12.4. The van der Waals surface area contributed by atoms with Crippen molar-refractivity contribution in [1.82, 2.24) is 4.98 Å². The van der Waals surface area contributed by atoms with Crippen LogP contribution in [0.15, 0.2) is 65.1 Å². The fraction of sp³-hybridized carbons (Fsp3) is 0.0476. The Morgan fingerprint density at radius 1 is 1.11 bits per heavy atom. The number of halogens is 1. The van der Waals surface area contributed by atoms with Crippen LogP contribution >= 0.6 is 11.6 Å². The molecule has 4 rings (SSSR count). The second kappa shape index (κ2) is 6.78. The average molecular weight is 379 g/mol. The number of nitrogens with zero attached hydrogens (tertiary/aromatic N) is 1. The standard InChI is InChI=1S/C21H15ClN2O3/c1-12-5-7-17-19(9-12)27-21(24-17)16-11-15(6-8-18(16)25)23-20(26)13-3-2-4-14(22)10-13/h2-11,25H,1H3,(H,23,26). The van der Waals surface area contributed by atoms with Crippen LogP contribution in [0.3, 0.4) is 0 Å². The third kappa shape index (κ3) is 3.50. The Labute approximate surface area is 160 Å². The number of hydrogen-bond donors (Lipinski definition) is 2. The molecule has 0 saturated carbocycles. The number of amides is 1. The molecule has 0 atom stereocenters. The number of anilines is 1. The zero-order valence-electron chi connectivity index (χ0n) is 14.4. The van der Waals surface area contributed by atoms with Gasteiger partial charge < -0.3 is 14.8 Å². The predicted octanol–water partition coefficient (Wildman–Crippen LogP) is 5.41. The van der Waals surface area contributed by atoms with Gasteiger partial charge in [-0.15, -0.1) is 0 Å². The van der Waals surface area contributed by atoms with Gasteiger partial charge in [0.25, 0.3) is 5.91 Å². The van der Waals surface area contributed by atoms with E-state index in [0.717, 1.165) is 5.56 Å². The molecule has 27 heavy (non-hydrogen) atoms. The van der Waals surface area contributed by atoms with Crippen molar-refractivity contribution < 1.29 is 14.3 Å². The first kappa shape index (κ1) is 17.1. The van der Waals surface area contributed by atoms with E-state index >= 15 is 0 Å². The summed E-state index contributed by atoms with van der Waals surface area (Å²) in [5.41, 5.74) is 3.73. The van der Waals surface area contributed by atoms with E-state index in [2.05, 4.69) is 10.3 Å². The number of oxazole rings is 1. The summed E-state index contributed by atoms with van der Waals surface area (Å²) in [5, 5.41) is 13.5. The van der Waals surface area contributed by atoms with E-state index < -0.39 is 0 Å². The number of fused-ring (bicyclic) bond motifs is 1. The molecule has 3 aromatic carbocycles. The number of carbonyl (C=O) groups excluding carboxylic acids is 1. The summed E-state index contributed by atoms with van der Waals surface area (Å²) >= 11 is 5.93. The smallest absolute Gasteiger partial charge is 0.255 e. The van der Waals surface area contributed by atoms with Gasteiger partial charge in [-0.25, -0.2) is 4.98 Å². The molecule has 6 heteroatoms. The summed E-state index contributed by atoms with van der Waals surface area (Å²) in [5.74, 6) is -0.00619. The fourth-order valence-electron chi connectivity index (χ4n) is 2.77. The number of nitrogens with one attached hydrogen (secondary N) is 1. The number of benzene rings is 3. The van der Waals surface area contributed by atoms with Gasteiger partial charge in [0.1, 0.15) is 11.3 Å². The molecule has 5 nitrogen and oxygen atoms in total. The summed E-state index contributed by atoms with van der Waals surface area (Å²) in [6, 6.07) is 17.1. The van der Waals surface area contributed by atoms with E-state index in [9.17, 15) is 9.90 Å². The van der Waals surface area contributed by atoms with Crippen molar-refractivity contribution in [3.05, 3.63) is 76.8 Å². The van der Waals surface area contributed by atoms with Crippen LogP contribution in [0.4, 0.5) is 5.69 Å². The third-order valence-corrected chi connectivity index (χ3v) is 4.35. The van der Waals surface area contributed by atoms with Crippen molar-refractivity contribution in [2.75, 3.05) is 5.32 Å². The number of hydrogen-bond acceptors (Lipinski definition) is 4. The highest BCUT2D eigenvalue weighted by atomic mass is 35.5. The van der Waals surface area contributed by atoms with Crippen LogP contribution in [0.2, 0.25) is 5.02 Å². The molecule has 0 aliphatic carbocycles. The first-order chi connectivity index (χ1) is 13.0. The van der Waals surface area contributed by atoms with Crippen LogP contribution in [-0.2, 0) is 0 Å². The van der Waals surface area contributed by atoms with Gasteiger partial charge >= 0.3 is 0 Å². The van der Waals surface area contributed by atoms with E-state index in [0.29, 0.717) is 32.9 Å². The molecule has 1 aromatic heterocycles. The Kier molecular flexibility index (Phi) is 4.30. The first-order valence-electron chi connectivity index (χ1n) is 8.27. The van der Waals surface area contributed by atoms with Crippen molar-refractivity contribution in [1.29, 1.82) is 0 Å². The lowest BCUT2D eigenvalue weighted by molar-refractivity contribution is 0.102. The monoisotopic (exact) mass is 378 g/mol. The highest BCUT2D eigenvalue weighted by molar-refractivity contribution is 6.31. The largest absolute Gasteiger partial charge is 0.507 e. The van der Waals surface area contributed by atoms with Crippen LogP contribution in [-0.4, -0.2) is 16.0 Å². The third-order valence-electron chi connectivity index (χ3n) is 4.12. The van der Waals surface area contributed by atoms with E-state index in [1.165, 1.54) is 6.07 Å². The first-order valence-corrected chi connectivity index (χ1v) is 8.65. The average Bonchev–Trinajstić information content (AvgIpc) is 3.06. The molecule has 2 N–H and O–H groups in total. The lowest BCUT2D eigenvalue weighted by atomic mass is 10.1.